The van der Waals surface area contributed by atoms with Crippen LogP contribution >= 0.6 is 7.82 Å². The van der Waals surface area contributed by atoms with Crippen LogP contribution in [-0.2, 0) is 19.3 Å². The van der Waals surface area contributed by atoms with E-state index in [-0.39, 0.29) is 17.1 Å². The minimum absolute atomic E-state index is 0.235. The summed E-state index contributed by atoms with van der Waals surface area (Å²) in [6.07, 6.45) is 2.00. The third-order valence-electron chi connectivity index (χ3n) is 4.32. The topological polar surface area (TPSA) is 109 Å². The molecule has 0 bridgehead atoms. The number of ether oxygens (including phenoxy) is 1. The number of aromatic nitrogens is 1. The number of hydrogen-bond acceptors (Lipinski definition) is 5. The molecule has 3 rings (SSSR count). The molecule has 0 aromatic carbocycles. The third-order valence-corrected chi connectivity index (χ3v) is 4.77. The molecule has 0 saturated heterocycles. The SMILES string of the molecule is CC(C)(C)c1ccc2c(n1)N(COP(=O)(O)O)C(=O)C1(CCC1)O2. The van der Waals surface area contributed by atoms with Crippen LogP contribution in [0.4, 0.5) is 5.82 Å². The number of anilines is 1. The first kappa shape index (κ1) is 17.4. The summed E-state index contributed by atoms with van der Waals surface area (Å²) in [5.74, 6) is 0.295. The van der Waals surface area contributed by atoms with Crippen LogP contribution in [0, 0.1) is 0 Å². The number of nitrogens with zero attached hydrogens (tertiary/aromatic N) is 2. The van der Waals surface area contributed by atoms with Crippen LogP contribution in [0.3, 0.4) is 0 Å². The van der Waals surface area contributed by atoms with Gasteiger partial charge in [-0.15, -0.1) is 0 Å². The maximum absolute atomic E-state index is 12.8. The zero-order valence-corrected chi connectivity index (χ0v) is 14.7. The van der Waals surface area contributed by atoms with Crippen molar-refractivity contribution in [2.24, 2.45) is 0 Å². The Hall–Kier alpha value is -1.47. The first-order valence-corrected chi connectivity index (χ1v) is 9.27. The molecule has 2 N–H and O–H groups in total. The van der Waals surface area contributed by atoms with Crippen molar-refractivity contribution in [2.45, 2.75) is 51.0 Å². The van der Waals surface area contributed by atoms with E-state index in [2.05, 4.69) is 9.51 Å². The molecule has 132 valence electrons. The molecule has 0 radical (unpaired) electrons. The highest BCUT2D eigenvalue weighted by molar-refractivity contribution is 7.46. The van der Waals surface area contributed by atoms with E-state index in [0.29, 0.717) is 18.6 Å². The van der Waals surface area contributed by atoms with Gasteiger partial charge in [0.25, 0.3) is 5.91 Å². The zero-order valence-electron chi connectivity index (χ0n) is 13.9. The molecule has 0 atom stereocenters. The highest BCUT2D eigenvalue weighted by atomic mass is 31.2. The second-order valence-electron chi connectivity index (χ2n) is 7.20. The van der Waals surface area contributed by atoms with Gasteiger partial charge in [-0.25, -0.2) is 9.55 Å². The van der Waals surface area contributed by atoms with Crippen LogP contribution in [0.1, 0.15) is 45.7 Å². The maximum Gasteiger partial charge on any atom is 0.471 e. The minimum Gasteiger partial charge on any atom is -0.474 e. The molecule has 8 nitrogen and oxygen atoms in total. The number of phosphoric ester groups is 1. The largest absolute Gasteiger partial charge is 0.474 e. The van der Waals surface area contributed by atoms with Gasteiger partial charge in [0.2, 0.25) is 0 Å². The molecule has 1 aromatic heterocycles. The molecule has 1 aliphatic carbocycles. The average Bonchev–Trinajstić information content (AvgIpc) is 2.41. The fraction of sp³-hybridized carbons (Fsp3) is 0.600. The number of pyridine rings is 1. The summed E-state index contributed by atoms with van der Waals surface area (Å²) < 4.78 is 21.5. The Labute approximate surface area is 140 Å². The van der Waals surface area contributed by atoms with Crippen LogP contribution in [0.25, 0.3) is 0 Å². The zero-order chi connectivity index (χ0) is 17.8. The minimum atomic E-state index is -4.71. The van der Waals surface area contributed by atoms with Crippen molar-refractivity contribution in [3.8, 4) is 5.75 Å². The van der Waals surface area contributed by atoms with Gasteiger partial charge in [-0.05, 0) is 31.4 Å². The van der Waals surface area contributed by atoms with E-state index in [1.54, 1.807) is 6.07 Å². The van der Waals surface area contributed by atoms with E-state index in [1.807, 2.05) is 26.8 Å². The van der Waals surface area contributed by atoms with Gasteiger partial charge in [0.1, 0.15) is 6.73 Å². The van der Waals surface area contributed by atoms with E-state index in [1.165, 1.54) is 4.90 Å². The van der Waals surface area contributed by atoms with Gasteiger partial charge >= 0.3 is 7.82 Å². The molecule has 1 aromatic rings. The van der Waals surface area contributed by atoms with Crippen molar-refractivity contribution in [1.29, 1.82) is 0 Å². The molecule has 1 fully saturated rings. The van der Waals surface area contributed by atoms with Crippen molar-refractivity contribution < 1.29 is 28.4 Å². The third kappa shape index (κ3) is 3.07. The summed E-state index contributed by atoms with van der Waals surface area (Å²) in [5, 5.41) is 0. The van der Waals surface area contributed by atoms with Gasteiger partial charge in [-0.2, -0.15) is 0 Å². The quantitative estimate of drug-likeness (QED) is 0.798. The molecule has 24 heavy (non-hydrogen) atoms. The standard InChI is InChI=1S/C15H21N2O6P/c1-14(2,3)11-6-5-10-12(16-11)17(9-22-24(19,20)21)13(18)15(23-10)7-4-8-15/h5-6H,4,7-9H2,1-3H3,(H2,19,20,21). The fourth-order valence-electron chi connectivity index (χ4n) is 2.79. The number of amides is 1. The van der Waals surface area contributed by atoms with Crippen molar-refractivity contribution in [1.82, 2.24) is 4.98 Å². The molecule has 0 unspecified atom stereocenters. The summed E-state index contributed by atoms with van der Waals surface area (Å²) >= 11 is 0. The lowest BCUT2D eigenvalue weighted by Gasteiger charge is -2.46. The molecule has 2 heterocycles. The lowest BCUT2D eigenvalue weighted by molar-refractivity contribution is -0.144. The van der Waals surface area contributed by atoms with Crippen molar-refractivity contribution in [3.63, 3.8) is 0 Å². The summed E-state index contributed by atoms with van der Waals surface area (Å²) in [4.78, 5) is 36.4. The van der Waals surface area contributed by atoms with Gasteiger partial charge in [0.15, 0.2) is 17.2 Å². The fourth-order valence-corrected chi connectivity index (χ4v) is 3.06. The van der Waals surface area contributed by atoms with Crippen molar-refractivity contribution in [3.05, 3.63) is 17.8 Å². The number of fused-ring (bicyclic) bond motifs is 1. The first-order valence-electron chi connectivity index (χ1n) is 7.74. The Balaban J connectivity index is 2.01. The van der Waals surface area contributed by atoms with Crippen LogP contribution < -0.4 is 9.64 Å². The summed E-state index contributed by atoms with van der Waals surface area (Å²) in [6, 6.07) is 3.59. The lowest BCUT2D eigenvalue weighted by Crippen LogP contribution is -2.60. The van der Waals surface area contributed by atoms with Gasteiger partial charge in [0, 0.05) is 11.1 Å². The van der Waals surface area contributed by atoms with E-state index >= 15 is 0 Å². The molecule has 1 amide bonds. The normalized spacial score (nSPS) is 19.7. The number of carbonyl (C=O) groups excluding carboxylic acids is 1. The maximum atomic E-state index is 12.8. The van der Waals surface area contributed by atoms with Crippen molar-refractivity contribution in [2.75, 3.05) is 11.6 Å². The highest BCUT2D eigenvalue weighted by Crippen LogP contribution is 2.47. The van der Waals surface area contributed by atoms with Gasteiger partial charge < -0.3 is 14.5 Å². The summed E-state index contributed by atoms with van der Waals surface area (Å²) in [5.41, 5.74) is -0.473. The summed E-state index contributed by atoms with van der Waals surface area (Å²) in [6.45, 7) is 5.38. The predicted octanol–water partition coefficient (Wildman–Crippen LogP) is 2.09. The molecule has 1 aliphatic heterocycles. The molecule has 1 saturated carbocycles. The van der Waals surface area contributed by atoms with Crippen LogP contribution in [0.2, 0.25) is 0 Å². The molecule has 1 spiro atoms. The smallest absolute Gasteiger partial charge is 0.471 e. The van der Waals surface area contributed by atoms with E-state index in [4.69, 9.17) is 14.5 Å². The Kier molecular flexibility index (Phi) is 3.99. The van der Waals surface area contributed by atoms with E-state index in [9.17, 15) is 9.36 Å². The number of carbonyl (C=O) groups is 1. The van der Waals surface area contributed by atoms with E-state index < -0.39 is 20.2 Å². The van der Waals surface area contributed by atoms with E-state index in [0.717, 1.165) is 12.1 Å². The van der Waals surface area contributed by atoms with Gasteiger partial charge in [-0.1, -0.05) is 20.8 Å². The molecule has 2 aliphatic rings. The second kappa shape index (κ2) is 5.52. The Morgan fingerprint density at radius 1 is 1.38 bits per heavy atom. The van der Waals surface area contributed by atoms with Crippen LogP contribution in [0.5, 0.6) is 5.75 Å². The monoisotopic (exact) mass is 356 g/mol. The predicted molar refractivity (Wildman–Crippen MR) is 85.6 cm³/mol. The lowest BCUT2D eigenvalue weighted by atomic mass is 9.78. The van der Waals surface area contributed by atoms with Crippen LogP contribution in [-0.4, -0.2) is 33.0 Å². The van der Waals surface area contributed by atoms with Gasteiger partial charge in [0.05, 0.1) is 0 Å². The Bertz CT molecular complexity index is 719. The number of phosphoric acid groups is 1. The number of rotatable bonds is 3. The van der Waals surface area contributed by atoms with Gasteiger partial charge in [-0.3, -0.25) is 14.2 Å². The average molecular weight is 356 g/mol. The Morgan fingerprint density at radius 2 is 2.04 bits per heavy atom. The highest BCUT2D eigenvalue weighted by Gasteiger charge is 2.53. The number of hydrogen-bond donors (Lipinski definition) is 2. The first-order chi connectivity index (χ1) is 11.0. The van der Waals surface area contributed by atoms with Crippen molar-refractivity contribution >= 4 is 19.5 Å². The molecule has 9 heteroatoms. The molecular weight excluding hydrogens is 335 g/mol. The second-order valence-corrected chi connectivity index (χ2v) is 8.44. The molecular formula is C15H21N2O6P. The Morgan fingerprint density at radius 3 is 2.54 bits per heavy atom. The van der Waals surface area contributed by atoms with Crippen LogP contribution in [0.15, 0.2) is 12.1 Å². The summed E-state index contributed by atoms with van der Waals surface area (Å²) in [7, 11) is -4.71.